The summed E-state index contributed by atoms with van der Waals surface area (Å²) in [5, 5.41) is 22.3. The van der Waals surface area contributed by atoms with Gasteiger partial charge >= 0.3 is 0 Å². The third-order valence-electron chi connectivity index (χ3n) is 3.49. The van der Waals surface area contributed by atoms with E-state index in [1.54, 1.807) is 0 Å². The number of rotatable bonds is 7. The first kappa shape index (κ1) is 16.7. The molecule has 8 heteroatoms. The van der Waals surface area contributed by atoms with Crippen molar-refractivity contribution in [2.45, 2.75) is 43.8 Å². The summed E-state index contributed by atoms with van der Waals surface area (Å²) < 4.78 is 7.29. The van der Waals surface area contributed by atoms with Crippen LogP contribution in [0.5, 0.6) is 0 Å². The molecular formula is C16H19N5O2S. The van der Waals surface area contributed by atoms with Crippen LogP contribution in [0.1, 0.15) is 37.2 Å². The van der Waals surface area contributed by atoms with Crippen molar-refractivity contribution >= 4 is 11.8 Å². The molecular weight excluding hydrogens is 326 g/mol. The number of hydrogen-bond donors (Lipinski definition) is 1. The molecule has 1 atom stereocenters. The molecule has 0 spiro atoms. The molecule has 0 aliphatic carbocycles. The average Bonchev–Trinajstić information content (AvgIpc) is 3.24. The average molecular weight is 345 g/mol. The number of hydrogen-bond acceptors (Lipinski definition) is 7. The topological polar surface area (TPSA) is 89.9 Å². The summed E-state index contributed by atoms with van der Waals surface area (Å²) in [6.45, 7) is 4.71. The Labute approximate surface area is 144 Å². The summed E-state index contributed by atoms with van der Waals surface area (Å²) in [6.07, 6.45) is 0.938. The second-order valence-electron chi connectivity index (χ2n) is 5.29. The zero-order valence-corrected chi connectivity index (χ0v) is 14.4. The van der Waals surface area contributed by atoms with Gasteiger partial charge in [0, 0.05) is 12.1 Å². The maximum atomic E-state index is 9.37. The van der Waals surface area contributed by atoms with Gasteiger partial charge in [-0.15, -0.1) is 10.2 Å². The highest BCUT2D eigenvalue weighted by molar-refractivity contribution is 7.99. The highest BCUT2D eigenvalue weighted by Crippen LogP contribution is 2.33. The molecule has 1 aromatic carbocycles. The number of benzene rings is 1. The first-order chi connectivity index (χ1) is 11.7. The van der Waals surface area contributed by atoms with Gasteiger partial charge < -0.3 is 14.2 Å². The minimum atomic E-state index is -0.123. The number of thioether (sulfide) groups is 1. The highest BCUT2D eigenvalue weighted by atomic mass is 32.2. The Hall–Kier alpha value is -2.19. The van der Waals surface area contributed by atoms with Gasteiger partial charge in [0.1, 0.15) is 6.61 Å². The zero-order chi connectivity index (χ0) is 16.9. The minimum absolute atomic E-state index is 0.0439. The minimum Gasteiger partial charge on any atom is -0.388 e. The molecule has 2 heterocycles. The standard InChI is InChI=1S/C16H19N5O2S/c1-3-9-21-13(10-22)18-19-16(21)24-11(2)14-17-15(23-20-14)12-7-5-4-6-8-12/h4-8,11,22H,3,9-10H2,1-2H3/t11-/m0/s1. The summed E-state index contributed by atoms with van der Waals surface area (Å²) in [4.78, 5) is 4.47. The van der Waals surface area contributed by atoms with E-state index in [-0.39, 0.29) is 11.9 Å². The largest absolute Gasteiger partial charge is 0.388 e. The van der Waals surface area contributed by atoms with E-state index in [0.29, 0.717) is 17.5 Å². The second-order valence-corrected chi connectivity index (χ2v) is 6.60. The zero-order valence-electron chi connectivity index (χ0n) is 13.6. The van der Waals surface area contributed by atoms with Crippen LogP contribution in [0.15, 0.2) is 40.0 Å². The van der Waals surface area contributed by atoms with Gasteiger partial charge in [0.25, 0.3) is 5.89 Å². The molecule has 3 aromatic rings. The number of aromatic nitrogens is 5. The summed E-state index contributed by atoms with van der Waals surface area (Å²) >= 11 is 1.50. The summed E-state index contributed by atoms with van der Waals surface area (Å²) in [5.74, 6) is 1.68. The quantitative estimate of drug-likeness (QED) is 0.658. The third-order valence-corrected chi connectivity index (χ3v) is 4.57. The van der Waals surface area contributed by atoms with Gasteiger partial charge in [-0.05, 0) is 25.5 Å². The van der Waals surface area contributed by atoms with Crippen LogP contribution in [0.2, 0.25) is 0 Å². The van der Waals surface area contributed by atoms with Gasteiger partial charge in [-0.2, -0.15) is 4.98 Å². The smallest absolute Gasteiger partial charge is 0.257 e. The highest BCUT2D eigenvalue weighted by Gasteiger charge is 2.20. The number of nitrogens with zero attached hydrogens (tertiary/aromatic N) is 5. The normalized spacial score (nSPS) is 12.5. The molecule has 0 unspecified atom stereocenters. The van der Waals surface area contributed by atoms with Crippen LogP contribution in [0.25, 0.3) is 11.5 Å². The van der Waals surface area contributed by atoms with Crippen molar-refractivity contribution in [1.82, 2.24) is 24.9 Å². The lowest BCUT2D eigenvalue weighted by Gasteiger charge is -2.09. The molecule has 126 valence electrons. The monoisotopic (exact) mass is 345 g/mol. The molecule has 0 saturated carbocycles. The fourth-order valence-electron chi connectivity index (χ4n) is 2.28. The molecule has 2 aromatic heterocycles. The van der Waals surface area contributed by atoms with E-state index in [0.717, 1.165) is 23.7 Å². The van der Waals surface area contributed by atoms with Crippen LogP contribution in [0, 0.1) is 0 Å². The molecule has 3 rings (SSSR count). The van der Waals surface area contributed by atoms with E-state index in [9.17, 15) is 5.11 Å². The molecule has 0 aliphatic heterocycles. The summed E-state index contributed by atoms with van der Waals surface area (Å²) in [7, 11) is 0. The lowest BCUT2D eigenvalue weighted by Crippen LogP contribution is -2.05. The molecule has 0 fully saturated rings. The fourth-order valence-corrected chi connectivity index (χ4v) is 3.21. The fraction of sp³-hybridized carbons (Fsp3) is 0.375. The van der Waals surface area contributed by atoms with Crippen LogP contribution in [-0.2, 0) is 13.2 Å². The molecule has 0 radical (unpaired) electrons. The Morgan fingerprint density at radius 2 is 2.04 bits per heavy atom. The van der Waals surface area contributed by atoms with E-state index in [1.165, 1.54) is 11.8 Å². The van der Waals surface area contributed by atoms with Gasteiger partial charge in [-0.1, -0.05) is 42.0 Å². The Morgan fingerprint density at radius 3 is 2.75 bits per heavy atom. The van der Waals surface area contributed by atoms with Crippen LogP contribution in [-0.4, -0.2) is 30.0 Å². The van der Waals surface area contributed by atoms with Crippen LogP contribution < -0.4 is 0 Å². The van der Waals surface area contributed by atoms with Gasteiger partial charge in [-0.25, -0.2) is 0 Å². The summed E-state index contributed by atoms with van der Waals surface area (Å²) in [5.41, 5.74) is 0.894. The first-order valence-electron chi connectivity index (χ1n) is 7.81. The maximum absolute atomic E-state index is 9.37. The Balaban J connectivity index is 1.77. The van der Waals surface area contributed by atoms with Crippen LogP contribution >= 0.6 is 11.8 Å². The lowest BCUT2D eigenvalue weighted by atomic mass is 10.2. The molecule has 0 saturated heterocycles. The van der Waals surface area contributed by atoms with Crippen molar-refractivity contribution in [2.75, 3.05) is 0 Å². The third kappa shape index (κ3) is 3.49. The van der Waals surface area contributed by atoms with Crippen LogP contribution in [0.3, 0.4) is 0 Å². The van der Waals surface area contributed by atoms with Gasteiger partial charge in [-0.3, -0.25) is 0 Å². The number of aliphatic hydroxyl groups is 1. The lowest BCUT2D eigenvalue weighted by molar-refractivity contribution is 0.263. The van der Waals surface area contributed by atoms with E-state index in [4.69, 9.17) is 4.52 Å². The predicted molar refractivity (Wildman–Crippen MR) is 90.2 cm³/mol. The van der Waals surface area contributed by atoms with Gasteiger partial charge in [0.05, 0.1) is 5.25 Å². The van der Waals surface area contributed by atoms with Crippen molar-refractivity contribution in [3.8, 4) is 11.5 Å². The molecule has 0 amide bonds. The van der Waals surface area contributed by atoms with Crippen molar-refractivity contribution in [3.05, 3.63) is 42.0 Å². The first-order valence-corrected chi connectivity index (χ1v) is 8.69. The Morgan fingerprint density at radius 1 is 1.25 bits per heavy atom. The van der Waals surface area contributed by atoms with E-state index in [2.05, 4.69) is 27.3 Å². The molecule has 1 N–H and O–H groups in total. The summed E-state index contributed by atoms with van der Waals surface area (Å²) in [6, 6.07) is 9.67. The molecule has 7 nitrogen and oxygen atoms in total. The van der Waals surface area contributed by atoms with E-state index < -0.39 is 0 Å². The predicted octanol–water partition coefficient (Wildman–Crippen LogP) is 3.08. The van der Waals surface area contributed by atoms with Gasteiger partial charge in [0.2, 0.25) is 0 Å². The SMILES string of the molecule is CCCn1c(CO)nnc1S[C@@H](C)c1noc(-c2ccccc2)n1. The van der Waals surface area contributed by atoms with Gasteiger partial charge in [0.15, 0.2) is 16.8 Å². The Kier molecular flexibility index (Phi) is 5.27. The Bertz CT molecular complexity index is 787. The molecule has 24 heavy (non-hydrogen) atoms. The van der Waals surface area contributed by atoms with Crippen molar-refractivity contribution < 1.29 is 9.63 Å². The molecule has 0 aliphatic rings. The number of aliphatic hydroxyl groups excluding tert-OH is 1. The van der Waals surface area contributed by atoms with E-state index in [1.807, 2.05) is 41.8 Å². The van der Waals surface area contributed by atoms with Crippen molar-refractivity contribution in [1.29, 1.82) is 0 Å². The van der Waals surface area contributed by atoms with Crippen LogP contribution in [0.4, 0.5) is 0 Å². The second kappa shape index (κ2) is 7.59. The van der Waals surface area contributed by atoms with Crippen molar-refractivity contribution in [2.24, 2.45) is 0 Å². The van der Waals surface area contributed by atoms with Crippen molar-refractivity contribution in [3.63, 3.8) is 0 Å². The molecule has 0 bridgehead atoms. The maximum Gasteiger partial charge on any atom is 0.257 e. The van der Waals surface area contributed by atoms with E-state index >= 15 is 0 Å².